The summed E-state index contributed by atoms with van der Waals surface area (Å²) in [5.41, 5.74) is 2.58. The second-order valence-electron chi connectivity index (χ2n) is 4.75. The van der Waals surface area contributed by atoms with E-state index in [9.17, 15) is 0 Å². The van der Waals surface area contributed by atoms with Crippen LogP contribution in [0.2, 0.25) is 0 Å². The second kappa shape index (κ2) is 5.09. The third-order valence-corrected chi connectivity index (χ3v) is 4.53. The summed E-state index contributed by atoms with van der Waals surface area (Å²) >= 11 is 3.74. The van der Waals surface area contributed by atoms with Gasteiger partial charge in [0.2, 0.25) is 0 Å². The van der Waals surface area contributed by atoms with Gasteiger partial charge in [0, 0.05) is 17.7 Å². The Kier molecular flexibility index (Phi) is 3.50. The van der Waals surface area contributed by atoms with Crippen molar-refractivity contribution in [2.45, 2.75) is 37.9 Å². The molecule has 92 valence electrons. The van der Waals surface area contributed by atoms with E-state index in [1.807, 2.05) is 0 Å². The quantitative estimate of drug-likeness (QED) is 0.816. The lowest BCUT2D eigenvalue weighted by Gasteiger charge is -2.18. The van der Waals surface area contributed by atoms with Crippen molar-refractivity contribution >= 4 is 15.9 Å². The van der Waals surface area contributed by atoms with E-state index in [2.05, 4.69) is 34.1 Å². The van der Waals surface area contributed by atoms with E-state index in [0.717, 1.165) is 26.1 Å². The van der Waals surface area contributed by atoms with Crippen molar-refractivity contribution in [1.29, 1.82) is 0 Å². The number of hydrogen-bond acceptors (Lipinski definition) is 2. The maximum atomic E-state index is 5.77. The van der Waals surface area contributed by atoms with Crippen molar-refractivity contribution in [1.82, 2.24) is 0 Å². The predicted molar refractivity (Wildman–Crippen MR) is 70.0 cm³/mol. The fourth-order valence-electron chi connectivity index (χ4n) is 2.71. The summed E-state index contributed by atoms with van der Waals surface area (Å²) in [6.45, 7) is 1.78. The number of ether oxygens (including phenoxy) is 2. The molecule has 0 aliphatic carbocycles. The van der Waals surface area contributed by atoms with E-state index in [0.29, 0.717) is 0 Å². The third-order valence-electron chi connectivity index (χ3n) is 3.61. The molecule has 2 nitrogen and oxygen atoms in total. The van der Waals surface area contributed by atoms with Gasteiger partial charge in [-0.25, -0.2) is 0 Å². The van der Waals surface area contributed by atoms with Gasteiger partial charge in [-0.05, 0) is 36.8 Å². The number of rotatable bonds is 2. The highest BCUT2D eigenvalue weighted by Crippen LogP contribution is 2.40. The summed E-state index contributed by atoms with van der Waals surface area (Å²) in [5.74, 6) is 0. The van der Waals surface area contributed by atoms with Gasteiger partial charge in [-0.1, -0.05) is 34.1 Å². The molecule has 0 saturated carbocycles. The third kappa shape index (κ3) is 2.28. The van der Waals surface area contributed by atoms with Crippen LogP contribution in [0, 0.1) is 0 Å². The Hall–Kier alpha value is -0.380. The molecule has 2 atom stereocenters. The minimum absolute atomic E-state index is 0.269. The zero-order chi connectivity index (χ0) is 11.7. The van der Waals surface area contributed by atoms with Crippen LogP contribution in [0.25, 0.3) is 0 Å². The molecular formula is C14H17BrO2. The first-order valence-corrected chi connectivity index (χ1v) is 7.17. The molecule has 0 amide bonds. The van der Waals surface area contributed by atoms with Crippen molar-refractivity contribution in [2.75, 3.05) is 13.2 Å². The maximum Gasteiger partial charge on any atom is 0.0836 e. The highest BCUT2D eigenvalue weighted by atomic mass is 79.9. The molecule has 1 aromatic carbocycles. The molecule has 2 aliphatic heterocycles. The molecule has 0 N–H and O–H groups in total. The average molecular weight is 297 g/mol. The lowest BCUT2D eigenvalue weighted by Crippen LogP contribution is -2.03. The van der Waals surface area contributed by atoms with Gasteiger partial charge in [0.15, 0.2) is 0 Å². The predicted octanol–water partition coefficient (Wildman–Crippen LogP) is 4.15. The molecule has 2 aliphatic rings. The lowest BCUT2D eigenvalue weighted by molar-refractivity contribution is 0.106. The van der Waals surface area contributed by atoms with E-state index >= 15 is 0 Å². The lowest BCUT2D eigenvalue weighted by atomic mass is 10.00. The van der Waals surface area contributed by atoms with Gasteiger partial charge in [-0.3, -0.25) is 0 Å². The molecule has 0 unspecified atom stereocenters. The van der Waals surface area contributed by atoms with Crippen LogP contribution in [0.5, 0.6) is 0 Å². The first kappa shape index (κ1) is 11.7. The van der Waals surface area contributed by atoms with E-state index < -0.39 is 0 Å². The summed E-state index contributed by atoms with van der Waals surface area (Å²) < 4.78 is 12.7. The van der Waals surface area contributed by atoms with Gasteiger partial charge in [-0.2, -0.15) is 0 Å². The Morgan fingerprint density at radius 2 is 1.47 bits per heavy atom. The maximum absolute atomic E-state index is 5.77. The van der Waals surface area contributed by atoms with Crippen LogP contribution < -0.4 is 0 Å². The molecule has 2 saturated heterocycles. The van der Waals surface area contributed by atoms with Crippen LogP contribution in [-0.2, 0) is 9.47 Å². The molecule has 0 aromatic heterocycles. The largest absolute Gasteiger partial charge is 0.373 e. The average Bonchev–Trinajstić information content (AvgIpc) is 3.02. The molecule has 17 heavy (non-hydrogen) atoms. The fourth-order valence-corrected chi connectivity index (χ4v) is 3.49. The molecule has 2 fully saturated rings. The fraction of sp³-hybridized carbons (Fsp3) is 0.571. The van der Waals surface area contributed by atoms with Crippen molar-refractivity contribution < 1.29 is 9.47 Å². The molecule has 0 bridgehead atoms. The van der Waals surface area contributed by atoms with Gasteiger partial charge in [0.1, 0.15) is 0 Å². The zero-order valence-electron chi connectivity index (χ0n) is 9.82. The molecule has 2 heterocycles. The van der Waals surface area contributed by atoms with Crippen LogP contribution in [0.1, 0.15) is 49.0 Å². The van der Waals surface area contributed by atoms with Crippen LogP contribution in [0.3, 0.4) is 0 Å². The van der Waals surface area contributed by atoms with E-state index in [1.165, 1.54) is 28.4 Å². The van der Waals surface area contributed by atoms with Crippen molar-refractivity contribution in [3.05, 3.63) is 33.8 Å². The Morgan fingerprint density at radius 3 is 1.88 bits per heavy atom. The van der Waals surface area contributed by atoms with E-state index in [1.54, 1.807) is 0 Å². The number of benzene rings is 1. The van der Waals surface area contributed by atoms with Crippen LogP contribution in [0.15, 0.2) is 22.7 Å². The van der Waals surface area contributed by atoms with Gasteiger partial charge in [0.25, 0.3) is 0 Å². The highest BCUT2D eigenvalue weighted by Gasteiger charge is 2.25. The monoisotopic (exact) mass is 296 g/mol. The molecule has 3 heteroatoms. The summed E-state index contributed by atoms with van der Waals surface area (Å²) in [4.78, 5) is 0. The van der Waals surface area contributed by atoms with Crippen molar-refractivity contribution in [3.63, 3.8) is 0 Å². The SMILES string of the molecule is Brc1c([C@@H]2CCCO2)cccc1[C@@H]1CCCO1. The highest BCUT2D eigenvalue weighted by molar-refractivity contribution is 9.10. The Balaban J connectivity index is 1.91. The summed E-state index contributed by atoms with van der Waals surface area (Å²) in [6, 6.07) is 6.45. The summed E-state index contributed by atoms with van der Waals surface area (Å²) in [6.07, 6.45) is 5.14. The smallest absolute Gasteiger partial charge is 0.0836 e. The zero-order valence-corrected chi connectivity index (χ0v) is 11.4. The first-order valence-electron chi connectivity index (χ1n) is 6.38. The number of hydrogen-bond donors (Lipinski definition) is 0. The standard InChI is InChI=1S/C14H17BrO2/c15-14-10(12-6-2-8-16-12)4-1-5-11(14)13-7-3-9-17-13/h1,4-5,12-13H,2-3,6-9H2/t12-,13-/m0/s1. The summed E-state index contributed by atoms with van der Waals surface area (Å²) in [7, 11) is 0. The van der Waals surface area contributed by atoms with Gasteiger partial charge < -0.3 is 9.47 Å². The Labute approximate surface area is 110 Å². The minimum Gasteiger partial charge on any atom is -0.373 e. The van der Waals surface area contributed by atoms with Crippen LogP contribution in [-0.4, -0.2) is 13.2 Å². The van der Waals surface area contributed by atoms with Gasteiger partial charge >= 0.3 is 0 Å². The first-order chi connectivity index (χ1) is 8.36. The molecule has 0 radical (unpaired) electrons. The molecule has 3 rings (SSSR count). The molecule has 0 spiro atoms. The second-order valence-corrected chi connectivity index (χ2v) is 5.55. The normalized spacial score (nSPS) is 28.8. The Morgan fingerprint density at radius 1 is 0.941 bits per heavy atom. The van der Waals surface area contributed by atoms with Crippen molar-refractivity contribution in [3.8, 4) is 0 Å². The van der Waals surface area contributed by atoms with E-state index in [4.69, 9.17) is 9.47 Å². The number of halogens is 1. The molecular weight excluding hydrogens is 280 g/mol. The van der Waals surface area contributed by atoms with Crippen LogP contribution >= 0.6 is 15.9 Å². The van der Waals surface area contributed by atoms with Gasteiger partial charge in [-0.15, -0.1) is 0 Å². The van der Waals surface area contributed by atoms with Gasteiger partial charge in [0.05, 0.1) is 12.2 Å². The van der Waals surface area contributed by atoms with E-state index in [-0.39, 0.29) is 12.2 Å². The Bertz CT molecular complexity index is 359. The van der Waals surface area contributed by atoms with Crippen molar-refractivity contribution in [2.24, 2.45) is 0 Å². The minimum atomic E-state index is 0.269. The molecule has 1 aromatic rings. The summed E-state index contributed by atoms with van der Waals surface area (Å²) in [5, 5.41) is 0. The van der Waals surface area contributed by atoms with Crippen LogP contribution in [0.4, 0.5) is 0 Å². The topological polar surface area (TPSA) is 18.5 Å².